The number of amides is 1. The molecule has 0 radical (unpaired) electrons. The molecule has 1 saturated heterocycles. The highest BCUT2D eigenvalue weighted by atomic mass is 16.2. The van der Waals surface area contributed by atoms with Gasteiger partial charge < -0.3 is 9.47 Å². The zero-order chi connectivity index (χ0) is 17.8. The lowest BCUT2D eigenvalue weighted by Gasteiger charge is -2.42. The van der Waals surface area contributed by atoms with E-state index in [9.17, 15) is 9.59 Å². The van der Waals surface area contributed by atoms with Gasteiger partial charge in [-0.2, -0.15) is 5.26 Å². The molecular weight excluding hydrogens is 316 g/mol. The van der Waals surface area contributed by atoms with Gasteiger partial charge in [-0.3, -0.25) is 14.5 Å². The Morgan fingerprint density at radius 3 is 3.04 bits per heavy atom. The molecule has 2 atom stereocenters. The number of hydrogen-bond donors (Lipinski definition) is 0. The Kier molecular flexibility index (Phi) is 5.34. The summed E-state index contributed by atoms with van der Waals surface area (Å²) in [6, 6.07) is 7.60. The fourth-order valence-corrected chi connectivity index (χ4v) is 3.90. The Hall–Kier alpha value is -2.39. The van der Waals surface area contributed by atoms with E-state index in [2.05, 4.69) is 11.0 Å². The first-order chi connectivity index (χ1) is 12.1. The maximum atomic E-state index is 12.0. The van der Waals surface area contributed by atoms with Crippen molar-refractivity contribution in [3.8, 4) is 6.07 Å². The number of likely N-dealkylation sites (tertiary alicyclic amines) is 1. The van der Waals surface area contributed by atoms with Gasteiger partial charge in [0.2, 0.25) is 5.91 Å². The van der Waals surface area contributed by atoms with E-state index in [0.717, 1.165) is 38.3 Å². The number of fused-ring (bicyclic) bond motifs is 4. The van der Waals surface area contributed by atoms with Gasteiger partial charge in [0.15, 0.2) is 0 Å². The lowest BCUT2D eigenvalue weighted by atomic mass is 9.83. The fraction of sp³-hybridized carbons (Fsp3) is 0.526. The molecule has 3 rings (SSSR count). The van der Waals surface area contributed by atoms with Crippen molar-refractivity contribution < 1.29 is 4.79 Å². The van der Waals surface area contributed by atoms with Crippen molar-refractivity contribution in [3.63, 3.8) is 0 Å². The second-order valence-electron chi connectivity index (χ2n) is 6.99. The van der Waals surface area contributed by atoms with Gasteiger partial charge in [-0.1, -0.05) is 12.1 Å². The van der Waals surface area contributed by atoms with Crippen LogP contribution in [-0.4, -0.2) is 53.5 Å². The third kappa shape index (κ3) is 3.99. The molecule has 0 saturated carbocycles. The fourth-order valence-electron chi connectivity index (χ4n) is 3.90. The van der Waals surface area contributed by atoms with Crippen LogP contribution in [0.5, 0.6) is 0 Å². The molecule has 6 heteroatoms. The maximum Gasteiger partial charge on any atom is 0.250 e. The molecule has 6 nitrogen and oxygen atoms in total. The lowest BCUT2D eigenvalue weighted by molar-refractivity contribution is -0.124. The number of aromatic nitrogens is 1. The molecule has 2 bridgehead atoms. The Labute approximate surface area is 148 Å². The van der Waals surface area contributed by atoms with Crippen LogP contribution in [0.4, 0.5) is 0 Å². The van der Waals surface area contributed by atoms with Gasteiger partial charge in [0.1, 0.15) is 0 Å². The second kappa shape index (κ2) is 7.66. The molecule has 0 aromatic carbocycles. The predicted octanol–water partition coefficient (Wildman–Crippen LogP) is 1.20. The third-order valence-electron chi connectivity index (χ3n) is 5.11. The van der Waals surface area contributed by atoms with Gasteiger partial charge >= 0.3 is 0 Å². The first-order valence-corrected chi connectivity index (χ1v) is 8.79. The Morgan fingerprint density at radius 2 is 2.24 bits per heavy atom. The quantitative estimate of drug-likeness (QED) is 0.755. The topological polar surface area (TPSA) is 69.3 Å². The van der Waals surface area contributed by atoms with Crippen molar-refractivity contribution in [2.24, 2.45) is 5.92 Å². The van der Waals surface area contributed by atoms with Crippen LogP contribution in [0.2, 0.25) is 0 Å². The van der Waals surface area contributed by atoms with Crippen LogP contribution in [0.15, 0.2) is 35.1 Å². The average Bonchev–Trinajstić information content (AvgIpc) is 2.60. The molecule has 2 unspecified atom stereocenters. The van der Waals surface area contributed by atoms with Gasteiger partial charge in [0.25, 0.3) is 5.56 Å². The molecule has 0 spiro atoms. The molecule has 2 aliphatic rings. The Bertz CT molecular complexity index is 761. The molecule has 132 valence electrons. The number of likely N-dealkylation sites (N-methyl/N-ethyl adjacent to an activating group) is 1. The molecule has 2 aliphatic heterocycles. The molecule has 1 amide bonds. The maximum absolute atomic E-state index is 12.0. The van der Waals surface area contributed by atoms with Crippen LogP contribution in [0, 0.1) is 17.2 Å². The monoisotopic (exact) mass is 340 g/mol. The standard InChI is InChI=1S/C19H24N4O2/c1-21(9-4-8-20)18(24)7-3-10-22-12-15-11-16(14-22)17-5-2-6-19(25)23(17)13-15/h2-3,5-7,15-16H,4,9-14H2,1H3. The van der Waals surface area contributed by atoms with E-state index in [1.54, 1.807) is 24.1 Å². The van der Waals surface area contributed by atoms with Crippen LogP contribution in [0.3, 0.4) is 0 Å². The Balaban J connectivity index is 1.58. The zero-order valence-corrected chi connectivity index (χ0v) is 14.6. The van der Waals surface area contributed by atoms with E-state index in [1.807, 2.05) is 22.8 Å². The van der Waals surface area contributed by atoms with E-state index >= 15 is 0 Å². The molecule has 0 aliphatic carbocycles. The number of nitriles is 1. The van der Waals surface area contributed by atoms with Gasteiger partial charge in [-0.25, -0.2) is 0 Å². The van der Waals surface area contributed by atoms with E-state index < -0.39 is 0 Å². The number of carbonyl (C=O) groups excluding carboxylic acids is 1. The van der Waals surface area contributed by atoms with Crippen molar-refractivity contribution in [2.45, 2.75) is 25.3 Å². The summed E-state index contributed by atoms with van der Waals surface area (Å²) in [6.07, 6.45) is 4.99. The lowest BCUT2D eigenvalue weighted by Crippen LogP contribution is -2.47. The molecule has 1 aromatic heterocycles. The minimum atomic E-state index is -0.0654. The predicted molar refractivity (Wildman–Crippen MR) is 95.0 cm³/mol. The summed E-state index contributed by atoms with van der Waals surface area (Å²) >= 11 is 0. The summed E-state index contributed by atoms with van der Waals surface area (Å²) in [5.74, 6) is 0.821. The van der Waals surface area contributed by atoms with Gasteiger partial charge in [-0.05, 0) is 18.4 Å². The first-order valence-electron chi connectivity index (χ1n) is 8.79. The van der Waals surface area contributed by atoms with Crippen LogP contribution >= 0.6 is 0 Å². The highest BCUT2D eigenvalue weighted by molar-refractivity contribution is 5.87. The van der Waals surface area contributed by atoms with Gasteiger partial charge in [0.05, 0.1) is 12.5 Å². The molecule has 25 heavy (non-hydrogen) atoms. The number of pyridine rings is 1. The normalized spacial score (nSPS) is 22.4. The van der Waals surface area contributed by atoms with Crippen LogP contribution in [0.1, 0.15) is 24.5 Å². The molecule has 3 heterocycles. The number of hydrogen-bond acceptors (Lipinski definition) is 4. The van der Waals surface area contributed by atoms with E-state index in [1.165, 1.54) is 0 Å². The van der Waals surface area contributed by atoms with E-state index in [-0.39, 0.29) is 11.5 Å². The van der Waals surface area contributed by atoms with Crippen molar-refractivity contribution in [1.29, 1.82) is 5.26 Å². The van der Waals surface area contributed by atoms with Gasteiger partial charge in [0, 0.05) is 63.5 Å². The Morgan fingerprint density at radius 1 is 1.40 bits per heavy atom. The van der Waals surface area contributed by atoms with Crippen molar-refractivity contribution in [1.82, 2.24) is 14.4 Å². The second-order valence-corrected chi connectivity index (χ2v) is 6.99. The summed E-state index contributed by atoms with van der Waals surface area (Å²) in [6.45, 7) is 3.87. The summed E-state index contributed by atoms with van der Waals surface area (Å²) in [5, 5.41) is 8.57. The molecular formula is C19H24N4O2. The van der Waals surface area contributed by atoms with Crippen molar-refractivity contribution >= 4 is 5.91 Å². The van der Waals surface area contributed by atoms with Gasteiger partial charge in [-0.15, -0.1) is 0 Å². The SMILES string of the molecule is CN(CCC#N)C(=O)C=CCN1CC2CC(C1)c1cccc(=O)n1C2. The van der Waals surface area contributed by atoms with Crippen LogP contribution < -0.4 is 5.56 Å². The smallest absolute Gasteiger partial charge is 0.250 e. The van der Waals surface area contributed by atoms with Crippen LogP contribution in [0.25, 0.3) is 0 Å². The first kappa shape index (κ1) is 17.4. The summed E-state index contributed by atoms with van der Waals surface area (Å²) in [4.78, 5) is 27.9. The zero-order valence-electron chi connectivity index (χ0n) is 14.6. The largest absolute Gasteiger partial charge is 0.341 e. The number of piperidine rings is 1. The molecule has 1 aromatic rings. The number of carbonyl (C=O) groups is 1. The van der Waals surface area contributed by atoms with E-state index in [4.69, 9.17) is 5.26 Å². The number of nitrogens with zero attached hydrogens (tertiary/aromatic N) is 4. The summed E-state index contributed by atoms with van der Waals surface area (Å²) in [7, 11) is 1.71. The van der Waals surface area contributed by atoms with E-state index in [0.29, 0.717) is 24.8 Å². The third-order valence-corrected chi connectivity index (χ3v) is 5.11. The van der Waals surface area contributed by atoms with Crippen molar-refractivity contribution in [3.05, 3.63) is 46.4 Å². The highest BCUT2D eigenvalue weighted by Gasteiger charge is 2.33. The summed E-state index contributed by atoms with van der Waals surface area (Å²) in [5.41, 5.74) is 1.25. The van der Waals surface area contributed by atoms with Crippen LogP contribution in [-0.2, 0) is 11.3 Å². The minimum absolute atomic E-state index is 0.0654. The number of rotatable bonds is 5. The van der Waals surface area contributed by atoms with Crippen molar-refractivity contribution in [2.75, 3.05) is 33.2 Å². The minimum Gasteiger partial charge on any atom is -0.341 e. The summed E-state index contributed by atoms with van der Waals surface area (Å²) < 4.78 is 1.93. The highest BCUT2D eigenvalue weighted by Crippen LogP contribution is 2.34. The average molecular weight is 340 g/mol. The molecule has 1 fully saturated rings. The molecule has 0 N–H and O–H groups in total.